The molecule has 0 aromatic carbocycles. The Labute approximate surface area is 229 Å². The monoisotopic (exact) mass is 557 g/mol. The first-order chi connectivity index (χ1) is 18.1. The second-order valence-electron chi connectivity index (χ2n) is 9.80. The third kappa shape index (κ3) is 27.2. The van der Waals surface area contributed by atoms with Crippen LogP contribution >= 0.6 is 7.82 Å². The van der Waals surface area contributed by atoms with Crippen molar-refractivity contribution in [1.29, 1.82) is 0 Å². The second kappa shape index (κ2) is 23.1. The Morgan fingerprint density at radius 2 is 1.39 bits per heavy atom. The summed E-state index contributed by atoms with van der Waals surface area (Å²) >= 11 is 0. The van der Waals surface area contributed by atoms with Gasteiger partial charge in [-0.05, 0) is 19.3 Å². The molecule has 0 saturated carbocycles. The fourth-order valence-electron chi connectivity index (χ4n) is 2.87. The summed E-state index contributed by atoms with van der Waals surface area (Å²) in [6.45, 7) is -0.242. The number of likely N-dealkylation sites (N-methyl/N-ethyl adjacent to an activating group) is 1. The summed E-state index contributed by atoms with van der Waals surface area (Å²) in [5, 5.41) is 18.5. The van der Waals surface area contributed by atoms with Gasteiger partial charge in [0.25, 0.3) is 7.82 Å². The number of hydrogen-bond acceptors (Lipinski definition) is 8. The van der Waals surface area contributed by atoms with Gasteiger partial charge in [-0.15, -0.1) is 0 Å². The topological polar surface area (TPSA) is 125 Å². The standard InChI is InChI=1S/C28H48NO8P/c1-29(2,3)22-24-36-38(33,34)37-26-27(31)25-35-28(32)21-19-17-15-13-11-9-7-5-4-6-8-10-12-14-16-18-20-23-30/h4-5,7,9,11,13,15,17,19,21,27,30-31H,6,8,10,12,14,16,18,20,22-26H2,1-3H3/t27-/m1/s1. The number of hydrogen-bond donors (Lipinski definition) is 2. The second-order valence-corrected chi connectivity index (χ2v) is 11.2. The molecular formula is C28H48NO8P. The third-order valence-corrected chi connectivity index (χ3v) is 5.99. The summed E-state index contributed by atoms with van der Waals surface area (Å²) in [5.74, 6) is -0.672. The quantitative estimate of drug-likeness (QED) is 0.0483. The molecule has 0 spiro atoms. The first kappa shape index (κ1) is 36.2. The Bertz CT molecular complexity index is 799. The van der Waals surface area contributed by atoms with Gasteiger partial charge in [0.2, 0.25) is 0 Å². The van der Waals surface area contributed by atoms with E-state index in [9.17, 15) is 19.4 Å². The predicted molar refractivity (Wildman–Crippen MR) is 149 cm³/mol. The molecule has 1 unspecified atom stereocenters. The molecule has 0 rings (SSSR count). The molecule has 0 aliphatic carbocycles. The van der Waals surface area contributed by atoms with Crippen LogP contribution in [0.25, 0.3) is 0 Å². The van der Waals surface area contributed by atoms with E-state index in [1.807, 2.05) is 51.5 Å². The number of quaternary nitrogens is 1. The number of ether oxygens (including phenoxy) is 1. The molecule has 0 radical (unpaired) electrons. The van der Waals surface area contributed by atoms with Gasteiger partial charge in [0.05, 0.1) is 27.7 Å². The van der Waals surface area contributed by atoms with E-state index in [1.54, 1.807) is 12.2 Å². The smallest absolute Gasteiger partial charge is 0.330 e. The average molecular weight is 558 g/mol. The van der Waals surface area contributed by atoms with Crippen molar-refractivity contribution < 1.29 is 42.7 Å². The van der Waals surface area contributed by atoms with E-state index in [0.717, 1.165) is 19.3 Å². The van der Waals surface area contributed by atoms with E-state index in [1.165, 1.54) is 44.3 Å². The van der Waals surface area contributed by atoms with E-state index < -0.39 is 33.1 Å². The summed E-state index contributed by atoms with van der Waals surface area (Å²) in [6.07, 6.45) is 25.8. The Balaban J connectivity index is 3.90. The number of allylic oxidation sites excluding steroid dienone is 9. The van der Waals surface area contributed by atoms with Gasteiger partial charge < -0.3 is 33.4 Å². The molecule has 10 heteroatoms. The summed E-state index contributed by atoms with van der Waals surface area (Å²) < 4.78 is 26.4. The highest BCUT2D eigenvalue weighted by molar-refractivity contribution is 7.45. The maximum absolute atomic E-state index is 11.7. The van der Waals surface area contributed by atoms with Crippen molar-refractivity contribution in [3.63, 3.8) is 0 Å². The minimum Gasteiger partial charge on any atom is -0.756 e. The average Bonchev–Trinajstić information content (AvgIpc) is 2.84. The van der Waals surface area contributed by atoms with Gasteiger partial charge in [-0.3, -0.25) is 4.57 Å². The SMILES string of the molecule is C[N+](C)(C)CCOP(=O)([O-])OC[C@H](O)COC(=O)C=CC=CC=CC=CC=CCCCCCCCCCO. The first-order valence-corrected chi connectivity index (χ1v) is 14.7. The van der Waals surface area contributed by atoms with Gasteiger partial charge in [-0.1, -0.05) is 86.8 Å². The fraction of sp³-hybridized carbons (Fsp3) is 0.607. The summed E-state index contributed by atoms with van der Waals surface area (Å²) in [5.41, 5.74) is 0. The lowest BCUT2D eigenvalue weighted by molar-refractivity contribution is -0.870. The minimum atomic E-state index is -4.53. The Morgan fingerprint density at radius 1 is 0.842 bits per heavy atom. The molecule has 0 aliphatic rings. The summed E-state index contributed by atoms with van der Waals surface area (Å²) in [7, 11) is 1.15. The van der Waals surface area contributed by atoms with E-state index in [4.69, 9.17) is 14.4 Å². The number of nitrogens with zero attached hydrogens (tertiary/aromatic N) is 1. The van der Waals surface area contributed by atoms with Gasteiger partial charge in [0, 0.05) is 12.7 Å². The van der Waals surface area contributed by atoms with Crippen LogP contribution in [0.1, 0.15) is 51.4 Å². The van der Waals surface area contributed by atoms with E-state index >= 15 is 0 Å². The lowest BCUT2D eigenvalue weighted by Gasteiger charge is -2.27. The van der Waals surface area contributed by atoms with Crippen LogP contribution in [-0.2, 0) is 23.1 Å². The first-order valence-electron chi connectivity index (χ1n) is 13.3. The molecule has 0 fully saturated rings. The number of aliphatic hydroxyl groups excluding tert-OH is 2. The molecule has 38 heavy (non-hydrogen) atoms. The van der Waals surface area contributed by atoms with Crippen LogP contribution in [0, 0.1) is 0 Å². The van der Waals surface area contributed by atoms with E-state index in [0.29, 0.717) is 17.6 Å². The summed E-state index contributed by atoms with van der Waals surface area (Å²) in [6, 6.07) is 0. The van der Waals surface area contributed by atoms with Crippen molar-refractivity contribution in [3.8, 4) is 0 Å². The predicted octanol–water partition coefficient (Wildman–Crippen LogP) is 3.99. The van der Waals surface area contributed by atoms with Gasteiger partial charge in [0.15, 0.2) is 0 Å². The van der Waals surface area contributed by atoms with Crippen molar-refractivity contribution in [2.45, 2.75) is 57.5 Å². The molecule has 0 bridgehead atoms. The van der Waals surface area contributed by atoms with Crippen molar-refractivity contribution in [2.24, 2.45) is 0 Å². The number of esters is 1. The largest absolute Gasteiger partial charge is 0.756 e. The molecule has 0 amide bonds. The zero-order valence-electron chi connectivity index (χ0n) is 23.3. The molecule has 0 aromatic rings. The molecule has 0 aromatic heterocycles. The molecule has 9 nitrogen and oxygen atoms in total. The highest BCUT2D eigenvalue weighted by Crippen LogP contribution is 2.38. The zero-order chi connectivity index (χ0) is 28.5. The summed E-state index contributed by atoms with van der Waals surface area (Å²) in [4.78, 5) is 23.3. The number of aliphatic hydroxyl groups is 2. The van der Waals surface area contributed by atoms with Crippen LogP contribution in [0.4, 0.5) is 0 Å². The lowest BCUT2D eigenvalue weighted by Crippen LogP contribution is -2.37. The Morgan fingerprint density at radius 3 is 2.00 bits per heavy atom. The number of carbonyl (C=O) groups is 1. The maximum Gasteiger partial charge on any atom is 0.330 e. The van der Waals surface area contributed by atoms with Crippen LogP contribution in [-0.4, -0.2) is 80.9 Å². The lowest BCUT2D eigenvalue weighted by atomic mass is 10.1. The van der Waals surface area contributed by atoms with E-state index in [2.05, 4.69) is 10.6 Å². The molecule has 2 N–H and O–H groups in total. The Hall–Kier alpha value is -1.84. The van der Waals surface area contributed by atoms with E-state index in [-0.39, 0.29) is 6.61 Å². The van der Waals surface area contributed by atoms with Crippen molar-refractivity contribution >= 4 is 13.8 Å². The number of unbranched alkanes of at least 4 members (excludes halogenated alkanes) is 7. The fourth-order valence-corrected chi connectivity index (χ4v) is 3.60. The van der Waals surface area contributed by atoms with Crippen LogP contribution in [0.3, 0.4) is 0 Å². The van der Waals surface area contributed by atoms with Crippen LogP contribution in [0.2, 0.25) is 0 Å². The molecule has 0 saturated heterocycles. The number of carbonyl (C=O) groups excluding carboxylic acids is 1. The van der Waals surface area contributed by atoms with Crippen LogP contribution in [0.15, 0.2) is 60.8 Å². The molecule has 0 heterocycles. The third-order valence-electron chi connectivity index (χ3n) is 5.03. The highest BCUT2D eigenvalue weighted by atomic mass is 31.2. The van der Waals surface area contributed by atoms with Crippen LogP contribution < -0.4 is 4.89 Å². The maximum atomic E-state index is 11.7. The minimum absolute atomic E-state index is 0.0369. The van der Waals surface area contributed by atoms with Gasteiger partial charge in [-0.2, -0.15) is 0 Å². The number of phosphoric ester groups is 1. The number of rotatable bonds is 23. The van der Waals surface area contributed by atoms with Gasteiger partial charge in [0.1, 0.15) is 25.9 Å². The van der Waals surface area contributed by atoms with Crippen molar-refractivity contribution in [3.05, 3.63) is 60.8 Å². The zero-order valence-corrected chi connectivity index (χ0v) is 24.2. The van der Waals surface area contributed by atoms with Crippen molar-refractivity contribution in [1.82, 2.24) is 0 Å². The molecule has 0 aliphatic heterocycles. The Kier molecular flexibility index (Phi) is 22.0. The van der Waals surface area contributed by atoms with Gasteiger partial charge >= 0.3 is 5.97 Å². The molecule has 218 valence electrons. The normalized spacial score (nSPS) is 15.4. The van der Waals surface area contributed by atoms with Crippen molar-refractivity contribution in [2.75, 3.05) is 54.1 Å². The molecular weight excluding hydrogens is 509 g/mol. The molecule has 2 atom stereocenters. The van der Waals surface area contributed by atoms with Gasteiger partial charge in [-0.25, -0.2) is 4.79 Å². The number of phosphoric acid groups is 1. The highest BCUT2D eigenvalue weighted by Gasteiger charge is 2.16. The van der Waals surface area contributed by atoms with Crippen LogP contribution in [0.5, 0.6) is 0 Å².